The van der Waals surface area contributed by atoms with E-state index in [1.54, 1.807) is 24.3 Å². The van der Waals surface area contributed by atoms with Crippen LogP contribution in [0.4, 0.5) is 10.5 Å². The molecule has 0 saturated carbocycles. The Balaban J connectivity index is 3.00. The summed E-state index contributed by atoms with van der Waals surface area (Å²) in [6, 6.07) is 6.46. The Bertz CT molecular complexity index is 519. The van der Waals surface area contributed by atoms with Crippen molar-refractivity contribution in [1.29, 1.82) is 0 Å². The van der Waals surface area contributed by atoms with E-state index in [4.69, 9.17) is 4.74 Å². The summed E-state index contributed by atoms with van der Waals surface area (Å²) in [6.45, 7) is 3.10. The van der Waals surface area contributed by atoms with Crippen LogP contribution in [-0.2, 0) is 9.84 Å². The van der Waals surface area contributed by atoms with E-state index >= 15 is 0 Å². The highest BCUT2D eigenvalue weighted by atomic mass is 32.2. The molecule has 0 radical (unpaired) electrons. The monoisotopic (exact) mass is 255 g/mol. The fourth-order valence-corrected chi connectivity index (χ4v) is 1.80. The van der Waals surface area contributed by atoms with Crippen molar-refractivity contribution >= 4 is 20.8 Å². The smallest absolute Gasteiger partial charge is 0.347 e. The Kier molecular flexibility index (Phi) is 3.90. The number of carbonyl (C=O) groups excluding carboxylic acids is 1. The third-order valence-electron chi connectivity index (χ3n) is 2.20. The van der Waals surface area contributed by atoms with Crippen LogP contribution in [0.15, 0.2) is 36.3 Å². The van der Waals surface area contributed by atoms with Gasteiger partial charge in [-0.2, -0.15) is 0 Å². The van der Waals surface area contributed by atoms with Gasteiger partial charge in [-0.05, 0) is 24.3 Å². The van der Waals surface area contributed by atoms with Gasteiger partial charge in [0.1, 0.15) is 5.75 Å². The number of ether oxygens (including phenoxy) is 1. The predicted molar refractivity (Wildman–Crippen MR) is 65.9 cm³/mol. The molecule has 0 atom stereocenters. The maximum atomic E-state index is 11.6. The molecule has 0 heterocycles. The van der Waals surface area contributed by atoms with Crippen molar-refractivity contribution in [1.82, 2.24) is 0 Å². The zero-order chi connectivity index (χ0) is 13.1. The van der Waals surface area contributed by atoms with Gasteiger partial charge in [-0.15, -0.1) is 0 Å². The summed E-state index contributed by atoms with van der Waals surface area (Å²) in [4.78, 5) is 12.6. The van der Waals surface area contributed by atoms with Crippen LogP contribution in [0.3, 0.4) is 0 Å². The molecule has 0 saturated heterocycles. The van der Waals surface area contributed by atoms with Crippen molar-refractivity contribution in [2.24, 2.45) is 0 Å². The molecule has 0 fully saturated rings. The molecular weight excluding hydrogens is 242 g/mol. The average Bonchev–Trinajstić information content (AvgIpc) is 2.37. The molecule has 1 rings (SSSR count). The molecule has 0 spiro atoms. The van der Waals surface area contributed by atoms with Gasteiger partial charge >= 0.3 is 5.24 Å². The molecule has 0 aromatic heterocycles. The molecule has 6 heteroatoms. The first kappa shape index (κ1) is 13.2. The van der Waals surface area contributed by atoms with Crippen LogP contribution in [0.1, 0.15) is 0 Å². The van der Waals surface area contributed by atoms with Crippen molar-refractivity contribution in [3.63, 3.8) is 0 Å². The van der Waals surface area contributed by atoms with Crippen molar-refractivity contribution in [2.45, 2.75) is 0 Å². The summed E-state index contributed by atoms with van der Waals surface area (Å²) in [5, 5.41) is -0.382. The maximum Gasteiger partial charge on any atom is 0.347 e. The molecule has 1 amide bonds. The summed E-state index contributed by atoms with van der Waals surface area (Å²) in [5.41, 5.74) is 0.459. The number of sulfone groups is 1. The van der Waals surface area contributed by atoms with Crippen molar-refractivity contribution in [3.05, 3.63) is 36.3 Å². The first-order chi connectivity index (χ1) is 7.92. The van der Waals surface area contributed by atoms with Crippen molar-refractivity contribution in [3.8, 4) is 5.75 Å². The number of amides is 1. The second-order valence-corrected chi connectivity index (χ2v) is 5.01. The standard InChI is InChI=1S/C11H13NO4S/c1-4-17(14,15)11(13)12(2)9-5-7-10(16-3)8-6-9/h4-8H,1H2,2-3H3. The molecule has 1 aromatic carbocycles. The third-order valence-corrected chi connectivity index (χ3v) is 3.40. The van der Waals surface area contributed by atoms with Gasteiger partial charge in [-0.25, -0.2) is 8.42 Å². The second-order valence-electron chi connectivity index (χ2n) is 3.23. The topological polar surface area (TPSA) is 63.7 Å². The zero-order valence-electron chi connectivity index (χ0n) is 9.58. The van der Waals surface area contributed by atoms with E-state index in [-0.39, 0.29) is 0 Å². The maximum absolute atomic E-state index is 11.6. The summed E-state index contributed by atoms with van der Waals surface area (Å²) >= 11 is 0. The van der Waals surface area contributed by atoms with Gasteiger partial charge in [0, 0.05) is 18.1 Å². The van der Waals surface area contributed by atoms with Crippen LogP contribution in [0.2, 0.25) is 0 Å². The van der Waals surface area contributed by atoms with Gasteiger partial charge in [-0.1, -0.05) is 6.58 Å². The Morgan fingerprint density at radius 2 is 1.88 bits per heavy atom. The minimum atomic E-state index is -3.94. The number of carbonyl (C=O) groups is 1. The van der Waals surface area contributed by atoms with E-state index in [1.165, 1.54) is 14.2 Å². The summed E-state index contributed by atoms with van der Waals surface area (Å²) in [7, 11) is -1.04. The Hall–Kier alpha value is -1.82. The van der Waals surface area contributed by atoms with Gasteiger partial charge in [0.05, 0.1) is 7.11 Å². The highest BCUT2D eigenvalue weighted by Gasteiger charge is 2.23. The molecule has 0 unspecified atom stereocenters. The zero-order valence-corrected chi connectivity index (χ0v) is 10.4. The number of anilines is 1. The average molecular weight is 255 g/mol. The molecular formula is C11H13NO4S. The van der Waals surface area contributed by atoms with Gasteiger partial charge < -0.3 is 9.64 Å². The second kappa shape index (κ2) is 5.01. The normalized spacial score (nSPS) is 10.7. The highest BCUT2D eigenvalue weighted by molar-refractivity contribution is 8.08. The van der Waals surface area contributed by atoms with Crippen LogP contribution >= 0.6 is 0 Å². The fourth-order valence-electron chi connectivity index (χ4n) is 1.17. The van der Waals surface area contributed by atoms with Gasteiger partial charge in [0.2, 0.25) is 0 Å². The van der Waals surface area contributed by atoms with Crippen LogP contribution < -0.4 is 9.64 Å². The van der Waals surface area contributed by atoms with Crippen LogP contribution in [-0.4, -0.2) is 27.8 Å². The van der Waals surface area contributed by atoms with E-state index in [0.29, 0.717) is 16.8 Å². The Labute approximate surface area is 100 Å². The van der Waals surface area contributed by atoms with Gasteiger partial charge in [0.15, 0.2) is 0 Å². The van der Waals surface area contributed by atoms with E-state index < -0.39 is 15.1 Å². The lowest BCUT2D eigenvalue weighted by Crippen LogP contribution is -2.30. The molecule has 0 aliphatic rings. The largest absolute Gasteiger partial charge is 0.497 e. The number of rotatable bonds is 3. The minimum absolute atomic E-state index is 0.459. The Morgan fingerprint density at radius 1 is 1.35 bits per heavy atom. The first-order valence-corrected chi connectivity index (χ1v) is 6.26. The first-order valence-electron chi connectivity index (χ1n) is 4.71. The minimum Gasteiger partial charge on any atom is -0.497 e. The third kappa shape index (κ3) is 2.85. The number of methoxy groups -OCH3 is 1. The molecule has 17 heavy (non-hydrogen) atoms. The van der Waals surface area contributed by atoms with Crippen LogP contribution in [0, 0.1) is 0 Å². The molecule has 0 aliphatic carbocycles. The fraction of sp³-hybridized carbons (Fsp3) is 0.182. The van der Waals surface area contributed by atoms with Gasteiger partial charge in [-0.3, -0.25) is 4.79 Å². The van der Waals surface area contributed by atoms with Crippen molar-refractivity contribution < 1.29 is 17.9 Å². The molecule has 0 bridgehead atoms. The number of hydrogen-bond donors (Lipinski definition) is 0. The summed E-state index contributed by atoms with van der Waals surface area (Å²) in [6.07, 6.45) is 0. The lowest BCUT2D eigenvalue weighted by Gasteiger charge is -2.16. The van der Waals surface area contributed by atoms with E-state index in [1.807, 2.05) is 0 Å². The molecule has 0 aliphatic heterocycles. The van der Waals surface area contributed by atoms with Crippen molar-refractivity contribution in [2.75, 3.05) is 19.1 Å². The quantitative estimate of drug-likeness (QED) is 0.826. The summed E-state index contributed by atoms with van der Waals surface area (Å²) in [5.74, 6) is 0.626. The molecule has 0 N–H and O–H groups in total. The van der Waals surface area contributed by atoms with E-state index in [0.717, 1.165) is 4.90 Å². The highest BCUT2D eigenvalue weighted by Crippen LogP contribution is 2.19. The van der Waals surface area contributed by atoms with E-state index in [2.05, 4.69) is 6.58 Å². The predicted octanol–water partition coefficient (Wildman–Crippen LogP) is 1.81. The molecule has 1 aromatic rings. The SMILES string of the molecule is C=CS(=O)(=O)C(=O)N(C)c1ccc(OC)cc1. The molecule has 5 nitrogen and oxygen atoms in total. The van der Waals surface area contributed by atoms with Gasteiger partial charge in [0.25, 0.3) is 9.84 Å². The van der Waals surface area contributed by atoms with Crippen LogP contribution in [0.25, 0.3) is 0 Å². The lowest BCUT2D eigenvalue weighted by atomic mass is 10.3. The molecule has 92 valence electrons. The summed E-state index contributed by atoms with van der Waals surface area (Å²) < 4.78 is 27.6. The lowest BCUT2D eigenvalue weighted by molar-refractivity contribution is 0.264. The van der Waals surface area contributed by atoms with Crippen LogP contribution in [0.5, 0.6) is 5.75 Å². The number of nitrogens with zero attached hydrogens (tertiary/aromatic N) is 1. The van der Waals surface area contributed by atoms with E-state index in [9.17, 15) is 13.2 Å². The number of hydrogen-bond acceptors (Lipinski definition) is 4. The Morgan fingerprint density at radius 3 is 2.29 bits per heavy atom. The number of benzene rings is 1.